The number of hydrogen-bond donors (Lipinski definition) is 1. The molecule has 1 atom stereocenters. The smallest absolute Gasteiger partial charge is 0.410 e. The summed E-state index contributed by atoms with van der Waals surface area (Å²) in [4.78, 5) is 28.9. The lowest BCUT2D eigenvalue weighted by atomic mass is 9.93. The minimum atomic E-state index is -0.546. The van der Waals surface area contributed by atoms with Crippen LogP contribution in [0.1, 0.15) is 57.2 Å². The number of nitrogens with zero attached hydrogens (tertiary/aromatic N) is 2. The number of ether oxygens (including phenoxy) is 1. The molecule has 2 heterocycles. The Morgan fingerprint density at radius 1 is 1.11 bits per heavy atom. The van der Waals surface area contributed by atoms with Crippen molar-refractivity contribution < 1.29 is 14.3 Å². The number of carbonyl (C=O) groups excluding carboxylic acids is 2. The van der Waals surface area contributed by atoms with E-state index in [9.17, 15) is 9.59 Å². The molecule has 148 valence electrons. The highest BCUT2D eigenvalue weighted by Crippen LogP contribution is 2.30. The van der Waals surface area contributed by atoms with E-state index in [-0.39, 0.29) is 18.2 Å². The van der Waals surface area contributed by atoms with Crippen LogP contribution in [0, 0.1) is 0 Å². The van der Waals surface area contributed by atoms with E-state index >= 15 is 0 Å². The van der Waals surface area contributed by atoms with E-state index in [2.05, 4.69) is 11.4 Å². The Labute approximate surface area is 161 Å². The standard InChI is InChI=1S/C21H31N3O3/c1-21(2,3)27-20(26)24-14-11-16-9-5-6-10-17(16)18(24)15-22-19(25)23-12-7-4-8-13-23/h5-6,9-10,18H,4,7-8,11-15H2,1-3H3,(H,22,25). The molecule has 1 unspecified atom stereocenters. The van der Waals surface area contributed by atoms with Gasteiger partial charge >= 0.3 is 12.1 Å². The predicted molar refractivity (Wildman–Crippen MR) is 105 cm³/mol. The Balaban J connectivity index is 1.74. The van der Waals surface area contributed by atoms with Crippen LogP contribution in [0.25, 0.3) is 0 Å². The van der Waals surface area contributed by atoms with Crippen LogP contribution in [-0.2, 0) is 11.2 Å². The van der Waals surface area contributed by atoms with Crippen LogP contribution < -0.4 is 5.32 Å². The molecule has 0 aromatic heterocycles. The fourth-order valence-corrected chi connectivity index (χ4v) is 3.80. The third kappa shape index (κ3) is 4.93. The van der Waals surface area contributed by atoms with Crippen molar-refractivity contribution in [2.45, 2.75) is 58.1 Å². The molecule has 0 radical (unpaired) electrons. The molecule has 6 heteroatoms. The van der Waals surface area contributed by atoms with Gasteiger partial charge in [-0.05, 0) is 57.6 Å². The van der Waals surface area contributed by atoms with E-state index in [1.165, 1.54) is 12.0 Å². The zero-order valence-corrected chi connectivity index (χ0v) is 16.7. The fourth-order valence-electron chi connectivity index (χ4n) is 3.80. The summed E-state index contributed by atoms with van der Waals surface area (Å²) < 4.78 is 5.61. The van der Waals surface area contributed by atoms with Gasteiger partial charge in [-0.2, -0.15) is 0 Å². The van der Waals surface area contributed by atoms with Gasteiger partial charge in [-0.1, -0.05) is 24.3 Å². The quantitative estimate of drug-likeness (QED) is 0.859. The lowest BCUT2D eigenvalue weighted by Crippen LogP contribution is -2.49. The Morgan fingerprint density at radius 2 is 1.81 bits per heavy atom. The monoisotopic (exact) mass is 373 g/mol. The highest BCUT2D eigenvalue weighted by Gasteiger charge is 2.34. The molecule has 6 nitrogen and oxygen atoms in total. The minimum absolute atomic E-state index is 0.0399. The first-order valence-electron chi connectivity index (χ1n) is 9.95. The van der Waals surface area contributed by atoms with E-state index < -0.39 is 5.60 Å². The SMILES string of the molecule is CC(C)(C)OC(=O)N1CCc2ccccc2C1CNC(=O)N1CCCCC1. The van der Waals surface area contributed by atoms with E-state index in [1.54, 1.807) is 4.90 Å². The van der Waals surface area contributed by atoms with Gasteiger partial charge in [0.25, 0.3) is 0 Å². The lowest BCUT2D eigenvalue weighted by Gasteiger charge is -2.38. The summed E-state index contributed by atoms with van der Waals surface area (Å²) in [5.41, 5.74) is 1.78. The van der Waals surface area contributed by atoms with Crippen molar-refractivity contribution in [2.75, 3.05) is 26.2 Å². The lowest BCUT2D eigenvalue weighted by molar-refractivity contribution is 0.0142. The molecule has 3 amide bonds. The van der Waals surface area contributed by atoms with Crippen molar-refractivity contribution in [3.05, 3.63) is 35.4 Å². The first-order chi connectivity index (χ1) is 12.8. The zero-order chi connectivity index (χ0) is 19.4. The van der Waals surface area contributed by atoms with Gasteiger partial charge in [0.2, 0.25) is 0 Å². The molecule has 2 aliphatic rings. The molecule has 1 fully saturated rings. The van der Waals surface area contributed by atoms with Crippen LogP contribution in [0.5, 0.6) is 0 Å². The zero-order valence-electron chi connectivity index (χ0n) is 16.7. The van der Waals surface area contributed by atoms with Gasteiger partial charge in [0.1, 0.15) is 5.60 Å². The van der Waals surface area contributed by atoms with Crippen LogP contribution >= 0.6 is 0 Å². The van der Waals surface area contributed by atoms with E-state index in [0.717, 1.165) is 37.9 Å². The average molecular weight is 373 g/mol. The predicted octanol–water partition coefficient (Wildman–Crippen LogP) is 3.72. The maximum Gasteiger partial charge on any atom is 0.410 e. The second-order valence-electron chi connectivity index (χ2n) is 8.37. The highest BCUT2D eigenvalue weighted by atomic mass is 16.6. The molecule has 0 aliphatic carbocycles. The number of carbonyl (C=O) groups is 2. The Hall–Kier alpha value is -2.24. The molecule has 0 spiro atoms. The third-order valence-corrected chi connectivity index (χ3v) is 5.13. The summed E-state index contributed by atoms with van der Waals surface area (Å²) in [6.07, 6.45) is 3.78. The summed E-state index contributed by atoms with van der Waals surface area (Å²) in [7, 11) is 0. The second kappa shape index (κ2) is 8.19. The first-order valence-corrected chi connectivity index (χ1v) is 9.95. The van der Waals surface area contributed by atoms with Crippen LogP contribution in [-0.4, -0.2) is 53.7 Å². The largest absolute Gasteiger partial charge is 0.444 e. The molecule has 1 saturated heterocycles. The highest BCUT2D eigenvalue weighted by molar-refractivity contribution is 5.74. The van der Waals surface area contributed by atoms with Crippen LogP contribution in [0.15, 0.2) is 24.3 Å². The van der Waals surface area contributed by atoms with Gasteiger partial charge in [-0.3, -0.25) is 4.90 Å². The van der Waals surface area contributed by atoms with Crippen LogP contribution in [0.4, 0.5) is 9.59 Å². The number of hydrogen-bond acceptors (Lipinski definition) is 3. The molecular formula is C21H31N3O3. The molecule has 3 rings (SSSR count). The molecule has 0 bridgehead atoms. The fraction of sp³-hybridized carbons (Fsp3) is 0.619. The first kappa shape index (κ1) is 19.5. The average Bonchev–Trinajstić information content (AvgIpc) is 2.65. The summed E-state index contributed by atoms with van der Waals surface area (Å²) in [6, 6.07) is 7.90. The van der Waals surface area contributed by atoms with Gasteiger partial charge in [-0.25, -0.2) is 9.59 Å². The molecule has 0 saturated carbocycles. The number of rotatable bonds is 2. The second-order valence-corrected chi connectivity index (χ2v) is 8.37. The van der Waals surface area contributed by atoms with Crippen molar-refractivity contribution in [3.8, 4) is 0 Å². The van der Waals surface area contributed by atoms with Gasteiger partial charge in [-0.15, -0.1) is 0 Å². The molecule has 1 aromatic rings. The Morgan fingerprint density at radius 3 is 2.52 bits per heavy atom. The molecule has 1 aromatic carbocycles. The van der Waals surface area contributed by atoms with Gasteiger partial charge in [0.05, 0.1) is 6.04 Å². The number of urea groups is 1. The van der Waals surface area contributed by atoms with Gasteiger partial charge in [0.15, 0.2) is 0 Å². The van der Waals surface area contributed by atoms with E-state index in [1.807, 2.05) is 43.9 Å². The molecule has 27 heavy (non-hydrogen) atoms. The minimum Gasteiger partial charge on any atom is -0.444 e. The van der Waals surface area contributed by atoms with E-state index in [0.29, 0.717) is 13.1 Å². The van der Waals surface area contributed by atoms with Crippen molar-refractivity contribution >= 4 is 12.1 Å². The summed E-state index contributed by atoms with van der Waals surface area (Å²) in [5, 5.41) is 3.05. The number of nitrogens with one attached hydrogen (secondary N) is 1. The third-order valence-electron chi connectivity index (χ3n) is 5.13. The maximum atomic E-state index is 12.8. The van der Waals surface area contributed by atoms with Crippen molar-refractivity contribution in [1.82, 2.24) is 15.1 Å². The Bertz CT molecular complexity index is 677. The summed E-state index contributed by atoms with van der Waals surface area (Å²) in [6.45, 7) is 8.22. The number of likely N-dealkylation sites (tertiary alicyclic amines) is 1. The van der Waals surface area contributed by atoms with E-state index in [4.69, 9.17) is 4.74 Å². The summed E-state index contributed by atoms with van der Waals surface area (Å²) >= 11 is 0. The van der Waals surface area contributed by atoms with Crippen LogP contribution in [0.2, 0.25) is 0 Å². The number of fused-ring (bicyclic) bond motifs is 1. The Kier molecular flexibility index (Phi) is 5.92. The number of piperidine rings is 1. The molecular weight excluding hydrogens is 342 g/mol. The molecule has 1 N–H and O–H groups in total. The van der Waals surface area contributed by atoms with Crippen molar-refractivity contribution in [2.24, 2.45) is 0 Å². The normalized spacial score (nSPS) is 20.0. The summed E-state index contributed by atoms with van der Waals surface area (Å²) in [5.74, 6) is 0. The number of benzene rings is 1. The van der Waals surface area contributed by atoms with Crippen LogP contribution in [0.3, 0.4) is 0 Å². The van der Waals surface area contributed by atoms with Crippen molar-refractivity contribution in [3.63, 3.8) is 0 Å². The maximum absolute atomic E-state index is 12.8. The molecule has 2 aliphatic heterocycles. The topological polar surface area (TPSA) is 61.9 Å². The van der Waals surface area contributed by atoms with Crippen molar-refractivity contribution in [1.29, 1.82) is 0 Å². The number of amides is 3. The van der Waals surface area contributed by atoms with Gasteiger partial charge < -0.3 is 15.0 Å². The van der Waals surface area contributed by atoms with Gasteiger partial charge in [0, 0.05) is 26.2 Å².